The predicted octanol–water partition coefficient (Wildman–Crippen LogP) is 3.04. The Labute approximate surface area is 112 Å². The molecule has 0 spiro atoms. The number of carbonyl (C=O) groups excluding carboxylic acids is 1. The minimum atomic E-state index is -0.483. The van der Waals surface area contributed by atoms with Crippen molar-refractivity contribution in [3.8, 4) is 0 Å². The van der Waals surface area contributed by atoms with Gasteiger partial charge >= 0.3 is 6.09 Å². The molecule has 0 aliphatic rings. The minimum Gasteiger partial charge on any atom is -0.441 e. The maximum absolute atomic E-state index is 11.8. The van der Waals surface area contributed by atoms with Crippen molar-refractivity contribution in [1.82, 2.24) is 9.78 Å². The first-order chi connectivity index (χ1) is 9.08. The van der Waals surface area contributed by atoms with Gasteiger partial charge in [-0.2, -0.15) is 5.10 Å². The molecule has 19 heavy (non-hydrogen) atoms. The molecule has 0 bridgehead atoms. The van der Waals surface area contributed by atoms with Crippen LogP contribution in [0.2, 0.25) is 0 Å². The standard InChI is InChI=1S/C14H17N3O2/c1-10-9-15-17(3)13(10)16-14(18)19-11(2)12-7-5-4-6-8-12/h4-9,11H,1-3H3,(H,16,18). The minimum absolute atomic E-state index is 0.297. The Bertz CT molecular complexity index is 544. The Kier molecular flexibility index (Phi) is 3.85. The molecule has 0 aliphatic heterocycles. The maximum atomic E-state index is 11.8. The Morgan fingerprint density at radius 2 is 2.05 bits per heavy atom. The quantitative estimate of drug-likeness (QED) is 0.921. The second kappa shape index (κ2) is 5.56. The van der Waals surface area contributed by atoms with E-state index in [9.17, 15) is 4.79 Å². The Morgan fingerprint density at radius 3 is 2.63 bits per heavy atom. The van der Waals surface area contributed by atoms with Gasteiger partial charge in [0, 0.05) is 12.6 Å². The van der Waals surface area contributed by atoms with Gasteiger partial charge in [0.2, 0.25) is 0 Å². The molecule has 2 aromatic rings. The zero-order valence-electron chi connectivity index (χ0n) is 11.3. The van der Waals surface area contributed by atoms with E-state index in [0.717, 1.165) is 11.1 Å². The zero-order chi connectivity index (χ0) is 13.8. The van der Waals surface area contributed by atoms with Crippen LogP contribution in [0, 0.1) is 6.92 Å². The summed E-state index contributed by atoms with van der Waals surface area (Å²) in [7, 11) is 1.77. The highest BCUT2D eigenvalue weighted by Gasteiger charge is 2.14. The lowest BCUT2D eigenvalue weighted by molar-refractivity contribution is 0.121. The molecule has 0 saturated carbocycles. The summed E-state index contributed by atoms with van der Waals surface area (Å²) in [4.78, 5) is 11.8. The highest BCUT2D eigenvalue weighted by molar-refractivity contribution is 5.84. The number of aromatic nitrogens is 2. The Morgan fingerprint density at radius 1 is 1.37 bits per heavy atom. The van der Waals surface area contributed by atoms with Crippen LogP contribution >= 0.6 is 0 Å². The average molecular weight is 259 g/mol. The second-order valence-corrected chi connectivity index (χ2v) is 4.38. The lowest BCUT2D eigenvalue weighted by Gasteiger charge is -2.14. The second-order valence-electron chi connectivity index (χ2n) is 4.38. The van der Waals surface area contributed by atoms with Gasteiger partial charge in [0.25, 0.3) is 0 Å². The van der Waals surface area contributed by atoms with E-state index in [4.69, 9.17) is 4.74 Å². The summed E-state index contributed by atoms with van der Waals surface area (Å²) in [6, 6.07) is 9.60. The summed E-state index contributed by atoms with van der Waals surface area (Å²) >= 11 is 0. The van der Waals surface area contributed by atoms with E-state index < -0.39 is 6.09 Å². The van der Waals surface area contributed by atoms with Gasteiger partial charge in [-0.25, -0.2) is 4.79 Å². The van der Waals surface area contributed by atoms with Gasteiger partial charge in [-0.15, -0.1) is 0 Å². The average Bonchev–Trinajstić information content (AvgIpc) is 2.71. The SMILES string of the molecule is Cc1cnn(C)c1NC(=O)OC(C)c1ccccc1. The van der Waals surface area contributed by atoms with Gasteiger partial charge in [-0.3, -0.25) is 10.00 Å². The number of carbonyl (C=O) groups is 1. The number of anilines is 1. The molecule has 100 valence electrons. The fraction of sp³-hybridized carbons (Fsp3) is 0.286. The zero-order valence-corrected chi connectivity index (χ0v) is 11.3. The largest absolute Gasteiger partial charge is 0.441 e. The van der Waals surface area contributed by atoms with E-state index in [-0.39, 0.29) is 6.10 Å². The summed E-state index contributed by atoms with van der Waals surface area (Å²) in [5.74, 6) is 0.644. The van der Waals surface area contributed by atoms with Gasteiger partial charge < -0.3 is 4.74 Å². The molecule has 2 rings (SSSR count). The monoisotopic (exact) mass is 259 g/mol. The Hall–Kier alpha value is -2.30. The first kappa shape index (κ1) is 13.1. The van der Waals surface area contributed by atoms with Crippen molar-refractivity contribution in [2.75, 3.05) is 5.32 Å². The van der Waals surface area contributed by atoms with Crippen LogP contribution in [0.25, 0.3) is 0 Å². The first-order valence-electron chi connectivity index (χ1n) is 6.09. The molecule has 1 aromatic carbocycles. The van der Waals surface area contributed by atoms with Crippen molar-refractivity contribution in [2.24, 2.45) is 7.05 Å². The molecule has 5 heteroatoms. The molecule has 1 unspecified atom stereocenters. The summed E-state index contributed by atoms with van der Waals surface area (Å²) in [6.45, 7) is 3.72. The molecule has 1 heterocycles. The maximum Gasteiger partial charge on any atom is 0.413 e. The van der Waals surface area contributed by atoms with Gasteiger partial charge in [-0.1, -0.05) is 30.3 Å². The van der Waals surface area contributed by atoms with Crippen LogP contribution < -0.4 is 5.32 Å². The van der Waals surface area contributed by atoms with Crippen molar-refractivity contribution in [1.29, 1.82) is 0 Å². The summed E-state index contributed by atoms with van der Waals surface area (Å²) in [6.07, 6.45) is 0.911. The third-order valence-corrected chi connectivity index (χ3v) is 2.89. The van der Waals surface area contributed by atoms with E-state index in [1.54, 1.807) is 17.9 Å². The fourth-order valence-corrected chi connectivity index (χ4v) is 1.81. The number of benzene rings is 1. The van der Waals surface area contributed by atoms with Gasteiger partial charge in [0.1, 0.15) is 11.9 Å². The molecule has 0 saturated heterocycles. The van der Waals surface area contributed by atoms with E-state index in [0.29, 0.717) is 5.82 Å². The number of hydrogen-bond acceptors (Lipinski definition) is 3. The van der Waals surface area contributed by atoms with Crippen molar-refractivity contribution in [2.45, 2.75) is 20.0 Å². The molecule has 0 fully saturated rings. The fourth-order valence-electron chi connectivity index (χ4n) is 1.81. The van der Waals surface area contributed by atoms with E-state index in [2.05, 4.69) is 10.4 Å². The molecule has 1 amide bonds. The number of rotatable bonds is 3. The first-order valence-corrected chi connectivity index (χ1v) is 6.09. The van der Waals surface area contributed by atoms with Crippen LogP contribution in [0.15, 0.2) is 36.5 Å². The van der Waals surface area contributed by atoms with Crippen LogP contribution in [0.1, 0.15) is 24.2 Å². The molecule has 0 aliphatic carbocycles. The molecular weight excluding hydrogens is 242 g/mol. The van der Waals surface area contributed by atoms with Gasteiger partial charge in [-0.05, 0) is 19.4 Å². The predicted molar refractivity (Wildman–Crippen MR) is 72.9 cm³/mol. The van der Waals surface area contributed by atoms with Crippen LogP contribution in [-0.4, -0.2) is 15.9 Å². The molecule has 0 radical (unpaired) electrons. The summed E-state index contributed by atoms with van der Waals surface area (Å²) in [5.41, 5.74) is 1.85. The molecule has 5 nitrogen and oxygen atoms in total. The lowest BCUT2D eigenvalue weighted by Crippen LogP contribution is -2.18. The van der Waals surface area contributed by atoms with Crippen molar-refractivity contribution in [3.05, 3.63) is 47.7 Å². The topological polar surface area (TPSA) is 56.2 Å². The highest BCUT2D eigenvalue weighted by atomic mass is 16.6. The molecule has 1 aromatic heterocycles. The van der Waals surface area contributed by atoms with E-state index in [1.165, 1.54) is 0 Å². The van der Waals surface area contributed by atoms with Crippen LogP contribution in [0.4, 0.5) is 10.6 Å². The van der Waals surface area contributed by atoms with Crippen LogP contribution in [-0.2, 0) is 11.8 Å². The smallest absolute Gasteiger partial charge is 0.413 e. The number of hydrogen-bond donors (Lipinski definition) is 1. The van der Waals surface area contributed by atoms with Crippen molar-refractivity contribution < 1.29 is 9.53 Å². The highest BCUT2D eigenvalue weighted by Crippen LogP contribution is 2.18. The molecule has 1 N–H and O–H groups in total. The van der Waals surface area contributed by atoms with Crippen LogP contribution in [0.3, 0.4) is 0 Å². The molecular formula is C14H17N3O2. The van der Waals surface area contributed by atoms with Crippen molar-refractivity contribution >= 4 is 11.9 Å². The van der Waals surface area contributed by atoms with E-state index in [1.807, 2.05) is 44.2 Å². The third kappa shape index (κ3) is 3.13. The molecule has 1 atom stereocenters. The summed E-state index contributed by atoms with van der Waals surface area (Å²) in [5, 5.41) is 6.75. The summed E-state index contributed by atoms with van der Waals surface area (Å²) < 4.78 is 6.93. The number of amides is 1. The lowest BCUT2D eigenvalue weighted by atomic mass is 10.1. The number of ether oxygens (including phenoxy) is 1. The normalized spacial score (nSPS) is 11.9. The Balaban J connectivity index is 1.99. The van der Waals surface area contributed by atoms with Gasteiger partial charge in [0.15, 0.2) is 0 Å². The van der Waals surface area contributed by atoms with Crippen molar-refractivity contribution in [3.63, 3.8) is 0 Å². The number of nitrogens with one attached hydrogen (secondary N) is 1. The number of nitrogens with zero attached hydrogens (tertiary/aromatic N) is 2. The van der Waals surface area contributed by atoms with E-state index >= 15 is 0 Å². The van der Waals surface area contributed by atoms with Crippen LogP contribution in [0.5, 0.6) is 0 Å². The van der Waals surface area contributed by atoms with Gasteiger partial charge in [0.05, 0.1) is 6.20 Å². The third-order valence-electron chi connectivity index (χ3n) is 2.89. The number of aryl methyl sites for hydroxylation is 2.